The van der Waals surface area contributed by atoms with Crippen LogP contribution in [-0.2, 0) is 24.0 Å². The van der Waals surface area contributed by atoms with Gasteiger partial charge in [-0.25, -0.2) is 14.8 Å². The van der Waals surface area contributed by atoms with Gasteiger partial charge in [0.05, 0.1) is 16.8 Å². The Morgan fingerprint density at radius 3 is 2.29 bits per heavy atom. The summed E-state index contributed by atoms with van der Waals surface area (Å²) in [4.78, 5) is 24.0. The Hall–Kier alpha value is -4.65. The average molecular weight is 550 g/mol. The predicted octanol–water partition coefficient (Wildman–Crippen LogP) is 7.61. The number of nitrogens with zero attached hydrogens (tertiary/aromatic N) is 3. The third-order valence-electron chi connectivity index (χ3n) is 6.12. The predicted molar refractivity (Wildman–Crippen MR) is 170 cm³/mol. The van der Waals surface area contributed by atoms with Crippen LogP contribution in [0.5, 0.6) is 0 Å². The highest BCUT2D eigenvalue weighted by Crippen LogP contribution is 2.31. The van der Waals surface area contributed by atoms with E-state index >= 15 is 0 Å². The lowest BCUT2D eigenvalue weighted by Gasteiger charge is -2.16. The highest BCUT2D eigenvalue weighted by atomic mass is 16.6. The zero-order valence-corrected chi connectivity index (χ0v) is 24.5. The van der Waals surface area contributed by atoms with Crippen molar-refractivity contribution in [2.45, 2.75) is 59.5 Å². The number of aryl methyl sites for hydroxylation is 3. The summed E-state index contributed by atoms with van der Waals surface area (Å²) in [6.07, 6.45) is 6.58. The number of carbonyl (C=O) groups excluding carboxylic acids is 1. The molecule has 3 N–H and O–H groups in total. The van der Waals surface area contributed by atoms with Gasteiger partial charge in [-0.15, -0.1) is 0 Å². The van der Waals surface area contributed by atoms with E-state index in [1.165, 1.54) is 17.3 Å². The van der Waals surface area contributed by atoms with Crippen molar-refractivity contribution in [1.29, 1.82) is 5.41 Å². The Kier molecular flexibility index (Phi) is 11.0. The Balaban J connectivity index is 0.000000507. The number of rotatable bonds is 8. The molecule has 1 amide bonds. The standard InChI is InChI=1S/C29H28N4.C5H11NO2/c1-3-21-10-8-11-22(18-21)16-17-27-28-25(23-12-6-5-7-13-23)14-9-15-26(28)32-29(33-27)24(19-30)20-31-4-2;1-5(2,3)8-4(6)7/h4-15,18-20,30H,3,16-17H2,1-2H3;1-3H3,(H2,6,7)/b24-20+,30-19?,31-4?;. The third kappa shape index (κ3) is 9.21. The van der Waals surface area contributed by atoms with Gasteiger partial charge in [-0.1, -0.05) is 73.7 Å². The first kappa shape index (κ1) is 30.9. The number of amides is 1. The van der Waals surface area contributed by atoms with Gasteiger partial charge >= 0.3 is 6.09 Å². The van der Waals surface area contributed by atoms with E-state index in [2.05, 4.69) is 71.3 Å². The largest absolute Gasteiger partial charge is 0.444 e. The lowest BCUT2D eigenvalue weighted by Crippen LogP contribution is -2.27. The van der Waals surface area contributed by atoms with Crippen LogP contribution in [0.3, 0.4) is 0 Å². The number of nitrogens with one attached hydrogen (secondary N) is 1. The molecule has 0 atom stereocenters. The summed E-state index contributed by atoms with van der Waals surface area (Å²) in [5, 5.41) is 8.94. The fourth-order valence-corrected chi connectivity index (χ4v) is 4.31. The summed E-state index contributed by atoms with van der Waals surface area (Å²) < 4.78 is 4.58. The quantitative estimate of drug-likeness (QED) is 0.220. The molecule has 0 aliphatic rings. The molecule has 7 nitrogen and oxygen atoms in total. The summed E-state index contributed by atoms with van der Waals surface area (Å²) in [5.74, 6) is 0.533. The number of primary amides is 1. The minimum absolute atomic E-state index is 0.453. The maximum atomic E-state index is 10.0. The van der Waals surface area contributed by atoms with Crippen LogP contribution in [0.15, 0.2) is 84.0 Å². The summed E-state index contributed by atoms with van der Waals surface area (Å²) in [6.45, 7) is 9.31. The highest BCUT2D eigenvalue weighted by molar-refractivity contribution is 6.07. The fourth-order valence-electron chi connectivity index (χ4n) is 4.31. The number of allylic oxidation sites excluding steroid dienone is 1. The smallest absolute Gasteiger partial charge is 0.405 e. The van der Waals surface area contributed by atoms with E-state index in [-0.39, 0.29) is 0 Å². The monoisotopic (exact) mass is 549 g/mol. The molecule has 7 heteroatoms. The fraction of sp³-hybridized carbons (Fsp3) is 0.265. The zero-order chi connectivity index (χ0) is 29.8. The van der Waals surface area contributed by atoms with Crippen LogP contribution in [0.2, 0.25) is 0 Å². The van der Waals surface area contributed by atoms with E-state index in [0.717, 1.165) is 47.0 Å². The normalized spacial score (nSPS) is 11.7. The van der Waals surface area contributed by atoms with Crippen molar-refractivity contribution in [2.75, 3.05) is 0 Å². The molecule has 0 aliphatic heterocycles. The Morgan fingerprint density at radius 1 is 0.976 bits per heavy atom. The summed E-state index contributed by atoms with van der Waals surface area (Å²) in [7, 11) is 0. The Bertz CT molecular complexity index is 1540. The SMILES string of the molecule is CC(C)(C)OC(N)=O.CC=N/C=C(\C=N)c1nc(CCc2cccc(CC)c2)c2c(-c3ccccc3)cccc2n1. The van der Waals surface area contributed by atoms with E-state index in [1.54, 1.807) is 33.2 Å². The van der Waals surface area contributed by atoms with Crippen LogP contribution < -0.4 is 5.73 Å². The second-order valence-corrected chi connectivity index (χ2v) is 10.4. The minimum Gasteiger partial charge on any atom is -0.444 e. The summed E-state index contributed by atoms with van der Waals surface area (Å²) >= 11 is 0. The van der Waals surface area contributed by atoms with Crippen LogP contribution in [0.25, 0.3) is 27.6 Å². The number of aromatic nitrogens is 2. The van der Waals surface area contributed by atoms with Crippen LogP contribution in [0.4, 0.5) is 4.79 Å². The molecule has 0 fully saturated rings. The molecule has 41 heavy (non-hydrogen) atoms. The molecule has 0 radical (unpaired) electrons. The van der Waals surface area contributed by atoms with Gasteiger partial charge < -0.3 is 15.9 Å². The van der Waals surface area contributed by atoms with Crippen molar-refractivity contribution in [2.24, 2.45) is 10.7 Å². The second-order valence-electron chi connectivity index (χ2n) is 10.4. The lowest BCUT2D eigenvalue weighted by atomic mass is 9.96. The minimum atomic E-state index is -0.725. The second kappa shape index (κ2) is 14.7. The van der Waals surface area contributed by atoms with Crippen LogP contribution in [0, 0.1) is 5.41 Å². The van der Waals surface area contributed by atoms with Gasteiger partial charge in [0.15, 0.2) is 5.82 Å². The van der Waals surface area contributed by atoms with E-state index in [9.17, 15) is 4.79 Å². The van der Waals surface area contributed by atoms with Crippen molar-refractivity contribution in [1.82, 2.24) is 9.97 Å². The topological polar surface area (TPSA) is 114 Å². The molecular weight excluding hydrogens is 510 g/mol. The van der Waals surface area contributed by atoms with Gasteiger partial charge in [-0.3, -0.25) is 4.99 Å². The molecule has 0 unspecified atom stereocenters. The molecule has 0 saturated carbocycles. The van der Waals surface area contributed by atoms with Gasteiger partial charge in [0.1, 0.15) is 5.60 Å². The molecule has 1 heterocycles. The number of hydrogen-bond acceptors (Lipinski definition) is 6. The molecule has 1 aromatic heterocycles. The highest BCUT2D eigenvalue weighted by Gasteiger charge is 2.15. The third-order valence-corrected chi connectivity index (χ3v) is 6.12. The van der Waals surface area contributed by atoms with E-state index < -0.39 is 11.7 Å². The molecule has 3 aromatic carbocycles. The summed E-state index contributed by atoms with van der Waals surface area (Å²) in [6, 6.07) is 25.3. The molecule has 212 valence electrons. The number of fused-ring (bicyclic) bond motifs is 1. The van der Waals surface area contributed by atoms with E-state index in [1.807, 2.05) is 25.1 Å². The number of nitrogens with two attached hydrogens (primary N) is 1. The van der Waals surface area contributed by atoms with Gasteiger partial charge in [-0.2, -0.15) is 0 Å². The van der Waals surface area contributed by atoms with Crippen molar-refractivity contribution < 1.29 is 9.53 Å². The average Bonchev–Trinajstić information content (AvgIpc) is 2.95. The zero-order valence-electron chi connectivity index (χ0n) is 24.5. The van der Waals surface area contributed by atoms with Crippen molar-refractivity contribution in [3.8, 4) is 11.1 Å². The van der Waals surface area contributed by atoms with Gasteiger partial charge in [0.25, 0.3) is 0 Å². The molecule has 0 aliphatic carbocycles. The molecule has 4 aromatic rings. The number of carbonyl (C=O) groups is 1. The van der Waals surface area contributed by atoms with Gasteiger partial charge in [0.2, 0.25) is 0 Å². The Morgan fingerprint density at radius 2 is 1.68 bits per heavy atom. The first-order chi connectivity index (χ1) is 19.6. The maximum absolute atomic E-state index is 10.0. The van der Waals surface area contributed by atoms with Crippen LogP contribution in [0.1, 0.15) is 57.3 Å². The first-order valence-electron chi connectivity index (χ1n) is 13.7. The van der Waals surface area contributed by atoms with Crippen LogP contribution >= 0.6 is 0 Å². The van der Waals surface area contributed by atoms with Crippen molar-refractivity contribution in [3.63, 3.8) is 0 Å². The number of aliphatic imine (C=N–C) groups is 1. The van der Waals surface area contributed by atoms with E-state index in [0.29, 0.717) is 11.4 Å². The summed E-state index contributed by atoms with van der Waals surface area (Å²) in [5.41, 5.74) is 11.7. The molecule has 0 spiro atoms. The van der Waals surface area contributed by atoms with Crippen LogP contribution in [-0.4, -0.2) is 34.1 Å². The maximum Gasteiger partial charge on any atom is 0.405 e. The first-order valence-corrected chi connectivity index (χ1v) is 13.7. The molecular formula is C34H39N5O2. The van der Waals surface area contributed by atoms with Gasteiger partial charge in [-0.05, 0) is 75.3 Å². The molecule has 0 bridgehead atoms. The molecule has 0 saturated heterocycles. The number of ether oxygens (including phenoxy) is 1. The van der Waals surface area contributed by atoms with Gasteiger partial charge in [0, 0.05) is 24.0 Å². The van der Waals surface area contributed by atoms with E-state index in [4.69, 9.17) is 21.1 Å². The lowest BCUT2D eigenvalue weighted by molar-refractivity contribution is 0.0600. The Labute approximate surface area is 242 Å². The number of hydrogen-bond donors (Lipinski definition) is 2. The number of benzene rings is 3. The molecule has 4 rings (SSSR count). The van der Waals surface area contributed by atoms with Crippen molar-refractivity contribution in [3.05, 3.63) is 102 Å². The van der Waals surface area contributed by atoms with Crippen molar-refractivity contribution >= 4 is 35.0 Å².